The van der Waals surface area contributed by atoms with Crippen LogP contribution in [0.1, 0.15) is 37.9 Å². The summed E-state index contributed by atoms with van der Waals surface area (Å²) in [6.07, 6.45) is 2.54. The fourth-order valence-corrected chi connectivity index (χ4v) is 2.27. The molecule has 5 heteroatoms. The van der Waals surface area contributed by atoms with Crippen LogP contribution in [-0.4, -0.2) is 27.1 Å². The smallest absolute Gasteiger partial charge is 0.126 e. The SMILES string of the molecule is Cn1cc(CC(CNC(C)(C)C)c2ccccc2F)nn1. The van der Waals surface area contributed by atoms with Crippen molar-refractivity contribution in [2.75, 3.05) is 6.54 Å². The normalized spacial score (nSPS) is 13.4. The molecular weight excluding hydrogens is 267 g/mol. The number of rotatable bonds is 5. The van der Waals surface area contributed by atoms with E-state index in [1.54, 1.807) is 10.7 Å². The van der Waals surface area contributed by atoms with Crippen LogP contribution in [0.2, 0.25) is 0 Å². The first-order valence-electron chi connectivity index (χ1n) is 7.20. The van der Waals surface area contributed by atoms with E-state index in [4.69, 9.17) is 0 Å². The molecule has 114 valence electrons. The summed E-state index contributed by atoms with van der Waals surface area (Å²) in [4.78, 5) is 0. The highest BCUT2D eigenvalue weighted by Gasteiger charge is 2.20. The second-order valence-electron chi connectivity index (χ2n) is 6.44. The van der Waals surface area contributed by atoms with E-state index >= 15 is 0 Å². The van der Waals surface area contributed by atoms with E-state index in [0.717, 1.165) is 11.3 Å². The van der Waals surface area contributed by atoms with Gasteiger partial charge < -0.3 is 5.32 Å². The van der Waals surface area contributed by atoms with E-state index in [1.165, 1.54) is 6.07 Å². The topological polar surface area (TPSA) is 42.7 Å². The Balaban J connectivity index is 2.19. The summed E-state index contributed by atoms with van der Waals surface area (Å²) in [5, 5.41) is 11.5. The molecule has 0 amide bonds. The first kappa shape index (κ1) is 15.6. The Morgan fingerprint density at radius 1 is 1.29 bits per heavy atom. The molecule has 0 fully saturated rings. The van der Waals surface area contributed by atoms with Crippen molar-refractivity contribution in [3.05, 3.63) is 47.5 Å². The zero-order valence-electron chi connectivity index (χ0n) is 13.1. The van der Waals surface area contributed by atoms with Gasteiger partial charge in [0.05, 0.1) is 5.69 Å². The third-order valence-corrected chi connectivity index (χ3v) is 3.33. The van der Waals surface area contributed by atoms with Crippen molar-refractivity contribution in [2.45, 2.75) is 38.6 Å². The van der Waals surface area contributed by atoms with Gasteiger partial charge in [-0.15, -0.1) is 5.10 Å². The Morgan fingerprint density at radius 2 is 2.00 bits per heavy atom. The number of aryl methyl sites for hydroxylation is 1. The van der Waals surface area contributed by atoms with E-state index < -0.39 is 0 Å². The number of nitrogens with zero attached hydrogens (tertiary/aromatic N) is 3. The molecule has 0 spiro atoms. The molecule has 2 rings (SSSR count). The molecule has 0 aliphatic heterocycles. The molecule has 1 atom stereocenters. The summed E-state index contributed by atoms with van der Waals surface area (Å²) in [7, 11) is 1.84. The monoisotopic (exact) mass is 290 g/mol. The summed E-state index contributed by atoms with van der Waals surface area (Å²) >= 11 is 0. The molecule has 1 aromatic carbocycles. The largest absolute Gasteiger partial charge is 0.311 e. The molecule has 21 heavy (non-hydrogen) atoms. The van der Waals surface area contributed by atoms with Crippen molar-refractivity contribution < 1.29 is 4.39 Å². The van der Waals surface area contributed by atoms with Crippen LogP contribution < -0.4 is 5.32 Å². The quantitative estimate of drug-likeness (QED) is 0.920. The molecule has 1 aromatic heterocycles. The maximum atomic E-state index is 14.1. The van der Waals surface area contributed by atoms with Crippen LogP contribution in [0, 0.1) is 5.82 Å². The lowest BCUT2D eigenvalue weighted by molar-refractivity contribution is 0.400. The third kappa shape index (κ3) is 4.63. The summed E-state index contributed by atoms with van der Waals surface area (Å²) < 4.78 is 15.8. The molecule has 2 aromatic rings. The molecule has 1 N–H and O–H groups in total. The molecule has 0 saturated carbocycles. The lowest BCUT2D eigenvalue weighted by Crippen LogP contribution is -2.39. The van der Waals surface area contributed by atoms with Crippen LogP contribution in [0.25, 0.3) is 0 Å². The van der Waals surface area contributed by atoms with Crippen molar-refractivity contribution in [3.8, 4) is 0 Å². The minimum absolute atomic E-state index is 0.00806. The Kier molecular flexibility index (Phi) is 4.73. The van der Waals surface area contributed by atoms with Crippen molar-refractivity contribution in [2.24, 2.45) is 7.05 Å². The van der Waals surface area contributed by atoms with Gasteiger partial charge in [-0.3, -0.25) is 4.68 Å². The fourth-order valence-electron chi connectivity index (χ4n) is 2.27. The Morgan fingerprint density at radius 3 is 2.57 bits per heavy atom. The highest BCUT2D eigenvalue weighted by Crippen LogP contribution is 2.23. The lowest BCUT2D eigenvalue weighted by atomic mass is 9.93. The number of hydrogen-bond donors (Lipinski definition) is 1. The van der Waals surface area contributed by atoms with Crippen LogP contribution in [0.5, 0.6) is 0 Å². The van der Waals surface area contributed by atoms with E-state index in [1.807, 2.05) is 25.4 Å². The van der Waals surface area contributed by atoms with Crippen molar-refractivity contribution in [3.63, 3.8) is 0 Å². The van der Waals surface area contributed by atoms with E-state index in [2.05, 4.69) is 36.4 Å². The minimum Gasteiger partial charge on any atom is -0.311 e. The van der Waals surface area contributed by atoms with Gasteiger partial charge in [0.15, 0.2) is 0 Å². The minimum atomic E-state index is -0.165. The highest BCUT2D eigenvalue weighted by molar-refractivity contribution is 5.23. The van der Waals surface area contributed by atoms with Gasteiger partial charge >= 0.3 is 0 Å². The lowest BCUT2D eigenvalue weighted by Gasteiger charge is -2.25. The van der Waals surface area contributed by atoms with Crippen LogP contribution in [0.3, 0.4) is 0 Å². The zero-order valence-corrected chi connectivity index (χ0v) is 13.1. The molecule has 0 saturated heterocycles. The average molecular weight is 290 g/mol. The van der Waals surface area contributed by atoms with Crippen molar-refractivity contribution in [1.29, 1.82) is 0 Å². The number of nitrogens with one attached hydrogen (secondary N) is 1. The standard InChI is InChI=1S/C16H23FN4/c1-16(2,3)18-10-12(9-13-11-21(4)20-19-13)14-7-5-6-8-15(14)17/h5-8,11-12,18H,9-10H2,1-4H3. The van der Waals surface area contributed by atoms with Crippen LogP contribution >= 0.6 is 0 Å². The van der Waals surface area contributed by atoms with Gasteiger partial charge in [-0.1, -0.05) is 23.4 Å². The zero-order chi connectivity index (χ0) is 15.5. The molecule has 0 aliphatic rings. The van der Waals surface area contributed by atoms with Crippen LogP contribution in [0.15, 0.2) is 30.5 Å². The van der Waals surface area contributed by atoms with Gasteiger partial charge in [0.1, 0.15) is 5.82 Å². The Bertz CT molecular complexity index is 586. The fraction of sp³-hybridized carbons (Fsp3) is 0.500. The van der Waals surface area contributed by atoms with Crippen molar-refractivity contribution in [1.82, 2.24) is 20.3 Å². The van der Waals surface area contributed by atoms with Gasteiger partial charge in [0.2, 0.25) is 0 Å². The van der Waals surface area contributed by atoms with Gasteiger partial charge in [-0.05, 0) is 32.4 Å². The number of halogens is 1. The second kappa shape index (κ2) is 6.35. The molecule has 0 aliphatic carbocycles. The van der Waals surface area contributed by atoms with E-state index in [0.29, 0.717) is 13.0 Å². The predicted molar refractivity (Wildman–Crippen MR) is 81.6 cm³/mol. The average Bonchev–Trinajstić information content (AvgIpc) is 2.80. The van der Waals surface area contributed by atoms with Gasteiger partial charge in [0, 0.05) is 37.7 Å². The molecule has 0 radical (unpaired) electrons. The summed E-state index contributed by atoms with van der Waals surface area (Å²) in [6.45, 7) is 7.01. The van der Waals surface area contributed by atoms with Crippen LogP contribution in [-0.2, 0) is 13.5 Å². The third-order valence-electron chi connectivity index (χ3n) is 3.33. The summed E-state index contributed by atoms with van der Waals surface area (Å²) in [5.41, 5.74) is 1.59. The molecule has 0 bridgehead atoms. The predicted octanol–water partition coefficient (Wildman–Crippen LogP) is 2.67. The van der Waals surface area contributed by atoms with E-state index in [-0.39, 0.29) is 17.3 Å². The summed E-state index contributed by atoms with van der Waals surface area (Å²) in [6, 6.07) is 6.95. The molecule has 4 nitrogen and oxygen atoms in total. The second-order valence-corrected chi connectivity index (χ2v) is 6.44. The molecular formula is C16H23FN4. The van der Waals surface area contributed by atoms with Crippen molar-refractivity contribution >= 4 is 0 Å². The van der Waals surface area contributed by atoms with Crippen LogP contribution in [0.4, 0.5) is 4.39 Å². The first-order valence-corrected chi connectivity index (χ1v) is 7.20. The summed E-state index contributed by atoms with van der Waals surface area (Å²) in [5.74, 6) is -0.135. The number of hydrogen-bond acceptors (Lipinski definition) is 3. The number of aromatic nitrogens is 3. The van der Waals surface area contributed by atoms with E-state index in [9.17, 15) is 4.39 Å². The maximum absolute atomic E-state index is 14.1. The maximum Gasteiger partial charge on any atom is 0.126 e. The Labute approximate surface area is 125 Å². The molecule has 1 unspecified atom stereocenters. The Hall–Kier alpha value is -1.75. The first-order chi connectivity index (χ1) is 9.85. The number of benzene rings is 1. The highest BCUT2D eigenvalue weighted by atomic mass is 19.1. The van der Waals surface area contributed by atoms with Gasteiger partial charge in [0.25, 0.3) is 0 Å². The molecule has 1 heterocycles. The van der Waals surface area contributed by atoms with Gasteiger partial charge in [-0.25, -0.2) is 4.39 Å². The van der Waals surface area contributed by atoms with Gasteiger partial charge in [-0.2, -0.15) is 0 Å².